The van der Waals surface area contributed by atoms with E-state index in [0.717, 1.165) is 28.3 Å². The van der Waals surface area contributed by atoms with E-state index in [1.165, 1.54) is 6.21 Å². The second-order valence-electron chi connectivity index (χ2n) is 6.38. The van der Waals surface area contributed by atoms with Gasteiger partial charge in [0, 0.05) is 0 Å². The Kier molecular flexibility index (Phi) is 8.67. The van der Waals surface area contributed by atoms with Crippen molar-refractivity contribution >= 4 is 27.8 Å². The maximum Gasteiger partial charge on any atom is 0.260 e. The fourth-order valence-corrected chi connectivity index (χ4v) is 3.40. The van der Waals surface area contributed by atoms with Gasteiger partial charge in [-0.15, -0.1) is 0 Å². The first kappa shape index (κ1) is 23.2. The number of hydrogen-bond acceptors (Lipinski definition) is 6. The van der Waals surface area contributed by atoms with Crippen molar-refractivity contribution in [1.82, 2.24) is 5.43 Å². The lowest BCUT2D eigenvalue weighted by Crippen LogP contribution is -2.39. The Hall–Kier alpha value is -3.07. The molecule has 0 bridgehead atoms. The molecule has 1 N–H and O–H groups in total. The molecule has 0 aliphatic rings. The summed E-state index contributed by atoms with van der Waals surface area (Å²) in [5, 5.41) is 3.90. The van der Waals surface area contributed by atoms with E-state index in [4.69, 9.17) is 9.47 Å². The summed E-state index contributed by atoms with van der Waals surface area (Å²) in [5.41, 5.74) is 3.42. The number of ether oxygens (including phenoxy) is 2. The predicted molar refractivity (Wildman–Crippen MR) is 118 cm³/mol. The van der Waals surface area contributed by atoms with Gasteiger partial charge in [-0.1, -0.05) is 19.1 Å². The summed E-state index contributed by atoms with van der Waals surface area (Å²) >= 11 is 0. The summed E-state index contributed by atoms with van der Waals surface area (Å²) < 4.78 is 36.5. The second-order valence-corrected chi connectivity index (χ2v) is 8.29. The van der Waals surface area contributed by atoms with Gasteiger partial charge in [-0.25, -0.2) is 13.8 Å². The number of para-hydroxylation sites is 2. The molecular weight excluding hydrogens is 406 g/mol. The molecule has 2 rings (SSSR count). The Morgan fingerprint density at radius 2 is 1.80 bits per heavy atom. The zero-order chi connectivity index (χ0) is 22.0. The molecule has 162 valence electrons. The van der Waals surface area contributed by atoms with Crippen molar-refractivity contribution in [1.29, 1.82) is 0 Å². The molecule has 0 aromatic heterocycles. The average molecular weight is 434 g/mol. The third-order valence-electron chi connectivity index (χ3n) is 3.88. The van der Waals surface area contributed by atoms with Gasteiger partial charge in [0.15, 0.2) is 0 Å². The first-order valence-electron chi connectivity index (χ1n) is 9.59. The Balaban J connectivity index is 2.04. The molecule has 8 nitrogen and oxygen atoms in total. The van der Waals surface area contributed by atoms with E-state index in [1.807, 2.05) is 31.2 Å². The lowest BCUT2D eigenvalue weighted by molar-refractivity contribution is -0.119. The zero-order valence-corrected chi connectivity index (χ0v) is 18.2. The van der Waals surface area contributed by atoms with Crippen molar-refractivity contribution in [2.24, 2.45) is 5.10 Å². The number of hydrazone groups is 1. The molecule has 2 aromatic carbocycles. The zero-order valence-electron chi connectivity index (χ0n) is 17.4. The summed E-state index contributed by atoms with van der Waals surface area (Å²) in [7, 11) is -3.72. The topological polar surface area (TPSA) is 97.3 Å². The van der Waals surface area contributed by atoms with E-state index < -0.39 is 22.5 Å². The van der Waals surface area contributed by atoms with Crippen molar-refractivity contribution < 1.29 is 22.7 Å². The van der Waals surface area contributed by atoms with E-state index in [9.17, 15) is 13.2 Å². The number of rotatable bonds is 11. The highest BCUT2D eigenvalue weighted by Crippen LogP contribution is 2.29. The molecule has 0 saturated carbocycles. The van der Waals surface area contributed by atoms with Crippen LogP contribution in [0.2, 0.25) is 0 Å². The normalized spacial score (nSPS) is 11.3. The molecule has 0 heterocycles. The maximum atomic E-state index is 12.3. The predicted octanol–water partition coefficient (Wildman–Crippen LogP) is 2.79. The van der Waals surface area contributed by atoms with Crippen LogP contribution in [-0.4, -0.2) is 46.6 Å². The largest absolute Gasteiger partial charge is 0.494 e. The number of nitrogens with zero attached hydrogens (tertiary/aromatic N) is 2. The first-order chi connectivity index (χ1) is 14.3. The smallest absolute Gasteiger partial charge is 0.260 e. The van der Waals surface area contributed by atoms with Crippen LogP contribution in [0.25, 0.3) is 0 Å². The van der Waals surface area contributed by atoms with Crippen LogP contribution in [0.4, 0.5) is 5.69 Å². The van der Waals surface area contributed by atoms with Crippen LogP contribution in [-0.2, 0) is 14.8 Å². The highest BCUT2D eigenvalue weighted by molar-refractivity contribution is 7.92. The number of anilines is 1. The highest BCUT2D eigenvalue weighted by atomic mass is 32.2. The Bertz CT molecular complexity index is 959. The molecule has 0 aliphatic heterocycles. The number of hydrogen-bond donors (Lipinski definition) is 1. The maximum absolute atomic E-state index is 12.3. The lowest BCUT2D eigenvalue weighted by Gasteiger charge is -2.23. The Morgan fingerprint density at radius 1 is 1.10 bits per heavy atom. The summed E-state index contributed by atoms with van der Waals surface area (Å²) in [6.45, 7) is 4.42. The summed E-state index contributed by atoms with van der Waals surface area (Å²) in [5.74, 6) is 0.563. The van der Waals surface area contributed by atoms with Crippen molar-refractivity contribution in [3.63, 3.8) is 0 Å². The molecule has 1 amide bonds. The van der Waals surface area contributed by atoms with Gasteiger partial charge in [0.2, 0.25) is 10.0 Å². The first-order valence-corrected chi connectivity index (χ1v) is 11.4. The molecule has 0 radical (unpaired) electrons. The molecule has 30 heavy (non-hydrogen) atoms. The van der Waals surface area contributed by atoms with E-state index in [0.29, 0.717) is 24.7 Å². The molecular formula is C21H27N3O5S. The highest BCUT2D eigenvalue weighted by Gasteiger charge is 2.23. The standard InChI is InChI=1S/C21H27N3O5S/c1-4-14-29-18-12-10-17(11-13-18)15-22-23-21(25)16-24(30(3,26)27)19-8-6-7-9-20(19)28-5-2/h6-13,15H,4-5,14,16H2,1-3H3,(H,23,25)/b22-15-. The number of carbonyl (C=O) groups excluding carboxylic acids is 1. The van der Waals surface area contributed by atoms with E-state index >= 15 is 0 Å². The molecule has 0 atom stereocenters. The number of carbonyl (C=O) groups is 1. The van der Waals surface area contributed by atoms with E-state index in [-0.39, 0.29) is 0 Å². The van der Waals surface area contributed by atoms with Crippen molar-refractivity contribution in [3.8, 4) is 11.5 Å². The number of nitrogens with one attached hydrogen (secondary N) is 1. The van der Waals surface area contributed by atoms with Gasteiger partial charge in [-0.2, -0.15) is 5.10 Å². The number of sulfonamides is 1. The van der Waals surface area contributed by atoms with Crippen LogP contribution in [0.1, 0.15) is 25.8 Å². The lowest BCUT2D eigenvalue weighted by atomic mass is 10.2. The third-order valence-corrected chi connectivity index (χ3v) is 5.00. The molecule has 0 aliphatic carbocycles. The minimum absolute atomic E-state index is 0.295. The number of benzene rings is 2. The molecule has 9 heteroatoms. The molecule has 0 spiro atoms. The fourth-order valence-electron chi connectivity index (χ4n) is 2.54. The molecule has 2 aromatic rings. The van der Waals surface area contributed by atoms with Gasteiger partial charge in [-0.3, -0.25) is 9.10 Å². The van der Waals surface area contributed by atoms with Gasteiger partial charge >= 0.3 is 0 Å². The Morgan fingerprint density at radius 3 is 2.43 bits per heavy atom. The van der Waals surface area contributed by atoms with Gasteiger partial charge < -0.3 is 9.47 Å². The van der Waals surface area contributed by atoms with E-state index in [2.05, 4.69) is 10.5 Å². The van der Waals surface area contributed by atoms with Crippen LogP contribution in [0.3, 0.4) is 0 Å². The summed E-state index contributed by atoms with van der Waals surface area (Å²) in [6, 6.07) is 13.9. The van der Waals surface area contributed by atoms with Crippen LogP contribution in [0.15, 0.2) is 53.6 Å². The summed E-state index contributed by atoms with van der Waals surface area (Å²) in [4.78, 5) is 12.3. The third kappa shape index (κ3) is 7.07. The average Bonchev–Trinajstić information content (AvgIpc) is 2.71. The molecule has 0 fully saturated rings. The van der Waals surface area contributed by atoms with Crippen LogP contribution >= 0.6 is 0 Å². The second kappa shape index (κ2) is 11.2. The van der Waals surface area contributed by atoms with Crippen LogP contribution in [0, 0.1) is 0 Å². The van der Waals surface area contributed by atoms with Crippen molar-refractivity contribution in [3.05, 3.63) is 54.1 Å². The monoisotopic (exact) mass is 433 g/mol. The van der Waals surface area contributed by atoms with Gasteiger partial charge in [0.1, 0.15) is 18.0 Å². The van der Waals surface area contributed by atoms with Gasteiger partial charge in [0.05, 0.1) is 31.4 Å². The molecule has 0 unspecified atom stereocenters. The Labute approximate surface area is 177 Å². The van der Waals surface area contributed by atoms with Gasteiger partial charge in [0.25, 0.3) is 5.91 Å². The van der Waals surface area contributed by atoms with Crippen molar-refractivity contribution in [2.45, 2.75) is 20.3 Å². The van der Waals surface area contributed by atoms with Crippen LogP contribution in [0.5, 0.6) is 11.5 Å². The number of amides is 1. The van der Waals surface area contributed by atoms with Crippen LogP contribution < -0.4 is 19.2 Å². The quantitative estimate of drug-likeness (QED) is 0.434. The molecule has 0 saturated heterocycles. The SMILES string of the molecule is CCCOc1ccc(/C=N\NC(=O)CN(c2ccccc2OCC)S(C)(=O)=O)cc1. The van der Waals surface area contributed by atoms with Crippen molar-refractivity contribution in [2.75, 3.05) is 30.3 Å². The fraction of sp³-hybridized carbons (Fsp3) is 0.333. The minimum atomic E-state index is -3.72. The summed E-state index contributed by atoms with van der Waals surface area (Å²) in [6.07, 6.45) is 3.43. The minimum Gasteiger partial charge on any atom is -0.494 e. The van der Waals surface area contributed by atoms with E-state index in [1.54, 1.807) is 31.2 Å². The van der Waals surface area contributed by atoms with Gasteiger partial charge in [-0.05, 0) is 55.3 Å².